The van der Waals surface area contributed by atoms with E-state index in [9.17, 15) is 40.9 Å². The highest BCUT2D eigenvalue weighted by Crippen LogP contribution is 2.54. The molecule has 6 aromatic carbocycles. The normalized spacial score (nSPS) is 21.4. The first kappa shape index (κ1) is 43.1. The number of allylic oxidation sites excluding steroid dienone is 6. The number of phenols is 6. The van der Waals surface area contributed by atoms with Gasteiger partial charge in [-0.3, -0.25) is 0 Å². The van der Waals surface area contributed by atoms with Gasteiger partial charge in [0.05, 0.1) is 11.9 Å². The summed E-state index contributed by atoms with van der Waals surface area (Å²) in [7, 11) is 0. The summed E-state index contributed by atoms with van der Waals surface area (Å²) in [6.07, 6.45) is 7.23. The highest BCUT2D eigenvalue weighted by Gasteiger charge is 2.38. The molecule has 0 aliphatic heterocycles. The Morgan fingerprint density at radius 3 is 1.18 bits per heavy atom. The Hall–Kier alpha value is -7.16. The molecule has 65 heavy (non-hydrogen) atoms. The van der Waals surface area contributed by atoms with Crippen molar-refractivity contribution >= 4 is 0 Å². The van der Waals surface area contributed by atoms with Gasteiger partial charge in [-0.2, -0.15) is 0 Å². The summed E-state index contributed by atoms with van der Waals surface area (Å²) >= 11 is 0. The summed E-state index contributed by atoms with van der Waals surface area (Å²) in [5.74, 6) is -4.98. The van der Waals surface area contributed by atoms with E-state index in [2.05, 4.69) is 26.0 Å². The maximum atomic E-state index is 12.2. The Balaban J connectivity index is 1.45. The molecule has 0 radical (unpaired) electrons. The summed E-state index contributed by atoms with van der Waals surface area (Å²) in [5.41, 5.74) is 8.60. The molecule has 3 aliphatic rings. The van der Waals surface area contributed by atoms with Crippen molar-refractivity contribution in [2.75, 3.05) is 0 Å². The van der Waals surface area contributed by atoms with Crippen molar-refractivity contribution in [3.63, 3.8) is 0 Å². The van der Waals surface area contributed by atoms with Gasteiger partial charge < -0.3 is 40.9 Å². The molecular weight excluding hydrogens is 813 g/mol. The van der Waals surface area contributed by atoms with E-state index in [0.29, 0.717) is 67.6 Å². The summed E-state index contributed by atoms with van der Waals surface area (Å²) in [6, 6.07) is 32.1. The molecule has 0 heterocycles. The zero-order chi connectivity index (χ0) is 46.1. The van der Waals surface area contributed by atoms with Crippen LogP contribution in [0.5, 0.6) is 34.5 Å². The first-order valence-corrected chi connectivity index (χ1v) is 22.1. The molecule has 5 unspecified atom stereocenters. The summed E-state index contributed by atoms with van der Waals surface area (Å²) < 4.78 is 0. The lowest BCUT2D eigenvalue weighted by Crippen LogP contribution is -2.25. The monoisotopic (exact) mass is 866 g/mol. The van der Waals surface area contributed by atoms with Crippen molar-refractivity contribution in [3.8, 4) is 34.5 Å². The van der Waals surface area contributed by atoms with E-state index >= 15 is 0 Å². The summed E-state index contributed by atoms with van der Waals surface area (Å²) in [6.45, 7) is 10.1. The van der Waals surface area contributed by atoms with Crippen LogP contribution in [-0.2, 0) is 0 Å². The lowest BCUT2D eigenvalue weighted by atomic mass is 9.70. The van der Waals surface area contributed by atoms with Crippen LogP contribution < -0.4 is 0 Å². The standard InChI is InChI=1S/C57H54O8/c1-30-6-12-33(13-7-30)53-37-22-39(47(60)26-45(37)58)54(34-14-8-31(2)9-15-34)41-24-43(51(64)28-49(41)62)56(36-18-20-57(4,5)21-19-36)44-25-42(50(63)29-52(44)65)55(35-16-10-32(3)11-17-35)40-23-38(53)46(59)27-48(40)61/h6-20,22-28,52-56,58-65H,21,29H2,1-5H3. The fourth-order valence-electron chi connectivity index (χ4n) is 9.99. The van der Waals surface area contributed by atoms with Crippen molar-refractivity contribution in [1.82, 2.24) is 0 Å². The molecule has 0 saturated carbocycles. The molecule has 0 fully saturated rings. The van der Waals surface area contributed by atoms with Crippen LogP contribution in [0.25, 0.3) is 0 Å². The van der Waals surface area contributed by atoms with Gasteiger partial charge in [0.1, 0.15) is 34.5 Å². The van der Waals surface area contributed by atoms with E-state index in [1.807, 2.05) is 99.6 Å². The van der Waals surface area contributed by atoms with Crippen LogP contribution in [-0.4, -0.2) is 47.0 Å². The van der Waals surface area contributed by atoms with E-state index < -0.39 is 29.8 Å². The number of aromatic hydroxyl groups is 6. The van der Waals surface area contributed by atoms with Gasteiger partial charge in [0.2, 0.25) is 0 Å². The molecule has 9 rings (SSSR count). The van der Waals surface area contributed by atoms with E-state index in [1.54, 1.807) is 24.3 Å². The second kappa shape index (κ2) is 16.4. The van der Waals surface area contributed by atoms with Crippen molar-refractivity contribution in [3.05, 3.63) is 223 Å². The van der Waals surface area contributed by atoms with Gasteiger partial charge in [-0.05, 0) is 78.6 Å². The topological polar surface area (TPSA) is 162 Å². The summed E-state index contributed by atoms with van der Waals surface area (Å²) in [5, 5.41) is 96.5. The van der Waals surface area contributed by atoms with Crippen LogP contribution in [0.4, 0.5) is 0 Å². The third-order valence-electron chi connectivity index (χ3n) is 13.6. The molecule has 8 nitrogen and oxygen atoms in total. The van der Waals surface area contributed by atoms with Gasteiger partial charge >= 0.3 is 0 Å². The maximum Gasteiger partial charge on any atom is 0.123 e. The Kier molecular flexibility index (Phi) is 10.9. The molecule has 330 valence electrons. The SMILES string of the molecule is Cc1ccc(C2C3=C(O)CC(O)C(=C3)C(C3=CCC(C)(C)C=C3)c3cc(c(O)cc3O)C(c3ccc(C)cc3)c3cc(c(O)cc3O)C(c3ccc(C)cc3)c3cc2c(O)cc3O)cc1. The van der Waals surface area contributed by atoms with E-state index in [1.165, 1.54) is 18.2 Å². The van der Waals surface area contributed by atoms with Crippen LogP contribution in [0.3, 0.4) is 0 Å². The van der Waals surface area contributed by atoms with E-state index in [4.69, 9.17) is 0 Å². The van der Waals surface area contributed by atoms with Gasteiger partial charge in [-0.1, -0.05) is 128 Å². The van der Waals surface area contributed by atoms with E-state index in [0.717, 1.165) is 22.3 Å². The minimum absolute atomic E-state index is 0.0963. The quantitative estimate of drug-likeness (QED) is 0.0868. The van der Waals surface area contributed by atoms with Gasteiger partial charge in [-0.25, -0.2) is 0 Å². The van der Waals surface area contributed by atoms with Crippen LogP contribution in [0.15, 0.2) is 156 Å². The van der Waals surface area contributed by atoms with Crippen molar-refractivity contribution < 1.29 is 40.9 Å². The van der Waals surface area contributed by atoms with Crippen molar-refractivity contribution in [2.24, 2.45) is 5.41 Å². The zero-order valence-corrected chi connectivity index (χ0v) is 37.1. The maximum absolute atomic E-state index is 12.2. The number of aliphatic hydroxyl groups excluding tert-OH is 2. The minimum atomic E-state index is -1.21. The van der Waals surface area contributed by atoms with Gasteiger partial charge in [0, 0.05) is 87.2 Å². The van der Waals surface area contributed by atoms with E-state index in [-0.39, 0.29) is 52.1 Å². The molecule has 5 atom stereocenters. The molecular formula is C57H54O8. The van der Waals surface area contributed by atoms with Crippen LogP contribution in [0.2, 0.25) is 0 Å². The number of hydrogen-bond acceptors (Lipinski definition) is 8. The first-order valence-electron chi connectivity index (χ1n) is 22.1. The number of hydrogen-bond donors (Lipinski definition) is 8. The molecule has 8 heteroatoms. The second-order valence-electron chi connectivity index (χ2n) is 18.9. The molecule has 0 aromatic heterocycles. The van der Waals surface area contributed by atoms with Crippen molar-refractivity contribution in [1.29, 1.82) is 0 Å². The smallest absolute Gasteiger partial charge is 0.123 e. The predicted octanol–water partition coefficient (Wildman–Crippen LogP) is 11.9. The molecule has 8 N–H and O–H groups in total. The predicted molar refractivity (Wildman–Crippen MR) is 253 cm³/mol. The Labute approximate surface area is 379 Å². The molecule has 0 amide bonds. The van der Waals surface area contributed by atoms with Crippen LogP contribution in [0.1, 0.15) is 117 Å². The molecule has 0 spiro atoms. The number of benzene rings is 6. The Morgan fingerprint density at radius 2 is 0.815 bits per heavy atom. The van der Waals surface area contributed by atoms with Crippen LogP contribution >= 0.6 is 0 Å². The lowest BCUT2D eigenvalue weighted by molar-refractivity contribution is 0.180. The molecule has 6 aromatic rings. The molecule has 8 bridgehead atoms. The number of phenolic OH excluding ortho intramolecular Hbond substituents is 6. The fraction of sp³-hybridized carbons (Fsp3) is 0.228. The minimum Gasteiger partial charge on any atom is -0.512 e. The third kappa shape index (κ3) is 7.93. The molecule has 0 saturated heterocycles. The summed E-state index contributed by atoms with van der Waals surface area (Å²) in [4.78, 5) is 0. The average molecular weight is 867 g/mol. The average Bonchev–Trinajstić information content (AvgIpc) is 3.25. The fourth-order valence-corrected chi connectivity index (χ4v) is 9.99. The zero-order valence-electron chi connectivity index (χ0n) is 37.1. The second-order valence-corrected chi connectivity index (χ2v) is 18.9. The number of aryl methyl sites for hydroxylation is 3. The van der Waals surface area contributed by atoms with Crippen molar-refractivity contribution in [2.45, 2.75) is 77.2 Å². The Morgan fingerprint density at radius 1 is 0.462 bits per heavy atom. The van der Waals surface area contributed by atoms with Gasteiger partial charge in [0.15, 0.2) is 0 Å². The van der Waals surface area contributed by atoms with Crippen LogP contribution in [0, 0.1) is 26.2 Å². The Bertz CT molecular complexity index is 2970. The highest BCUT2D eigenvalue weighted by molar-refractivity contribution is 5.66. The number of fused-ring (bicyclic) bond motifs is 7. The highest BCUT2D eigenvalue weighted by atomic mass is 16.3. The molecule has 3 aliphatic carbocycles. The first-order chi connectivity index (χ1) is 31.0. The number of rotatable bonds is 4. The lowest BCUT2D eigenvalue weighted by Gasteiger charge is -2.35. The van der Waals surface area contributed by atoms with Gasteiger partial charge in [-0.15, -0.1) is 0 Å². The number of aliphatic hydroxyl groups is 2. The van der Waals surface area contributed by atoms with Gasteiger partial charge in [0.25, 0.3) is 0 Å². The largest absolute Gasteiger partial charge is 0.512 e. The third-order valence-corrected chi connectivity index (χ3v) is 13.6.